The van der Waals surface area contributed by atoms with Gasteiger partial charge >= 0.3 is 0 Å². The molecule has 0 aliphatic rings. The Hall–Kier alpha value is -2.15. The summed E-state index contributed by atoms with van der Waals surface area (Å²) in [4.78, 5) is 22.5. The Balaban J connectivity index is 2.41. The lowest BCUT2D eigenvalue weighted by Gasteiger charge is -2.08. The first-order valence-electron chi connectivity index (χ1n) is 7.39. The normalized spacial score (nSPS) is 12.0. The number of amides is 1. The molecule has 5 nitrogen and oxygen atoms in total. The van der Waals surface area contributed by atoms with Crippen molar-refractivity contribution in [3.8, 4) is 0 Å². The molecule has 8 heteroatoms. The number of Topliss-reactive ketones (excluding diaryl/α,β-unsaturated/α-hetero) is 1. The van der Waals surface area contributed by atoms with Crippen LogP contribution in [0.1, 0.15) is 28.4 Å². The van der Waals surface area contributed by atoms with Crippen LogP contribution in [0.5, 0.6) is 0 Å². The molecule has 2 rings (SSSR count). The molecule has 0 saturated carbocycles. The fourth-order valence-corrected chi connectivity index (χ4v) is 4.19. The second-order valence-corrected chi connectivity index (χ2v) is 8.35. The molecule has 0 bridgehead atoms. The Morgan fingerprint density at radius 3 is 2.19 bits per heavy atom. The Kier molecular flexibility index (Phi) is 6.23. The predicted octanol–water partition coefficient (Wildman–Crippen LogP) is 3.64. The zero-order valence-electron chi connectivity index (χ0n) is 13.7. The van der Waals surface area contributed by atoms with Gasteiger partial charge in [-0.05, 0) is 36.3 Å². The molecule has 0 radical (unpaired) electrons. The molecule has 0 aliphatic heterocycles. The molecule has 136 valence electrons. The third-order valence-electron chi connectivity index (χ3n) is 3.55. The number of halogens is 2. The van der Waals surface area contributed by atoms with E-state index >= 15 is 0 Å². The van der Waals surface area contributed by atoms with Crippen molar-refractivity contribution in [3.63, 3.8) is 0 Å². The first-order valence-corrected chi connectivity index (χ1v) is 9.80. The lowest BCUT2D eigenvalue weighted by molar-refractivity contribution is -0.113. The topological polar surface area (TPSA) is 94.3 Å². The fourth-order valence-electron chi connectivity index (χ4n) is 2.20. The molecule has 0 fully saturated rings. The number of ketones is 1. The zero-order valence-corrected chi connectivity index (χ0v) is 16.0. The van der Waals surface area contributed by atoms with Crippen LogP contribution in [-0.2, 0) is 20.4 Å². The number of sulfone groups is 1. The van der Waals surface area contributed by atoms with E-state index in [1.165, 1.54) is 55.5 Å². The SMILES string of the molecule is CC(=O)c1ccc(/C=C(/C(N)=O)S(=O)(=O)Cc2ccc(Cl)cc2Cl)cc1. The quantitative estimate of drug-likeness (QED) is 0.579. The Morgan fingerprint density at radius 1 is 1.08 bits per heavy atom. The van der Waals surface area contributed by atoms with Gasteiger partial charge < -0.3 is 5.73 Å². The van der Waals surface area contributed by atoms with Gasteiger partial charge in [-0.15, -0.1) is 0 Å². The Morgan fingerprint density at radius 2 is 1.69 bits per heavy atom. The predicted molar refractivity (Wildman–Crippen MR) is 103 cm³/mol. The van der Waals surface area contributed by atoms with Crippen molar-refractivity contribution in [1.29, 1.82) is 0 Å². The minimum atomic E-state index is -4.04. The highest BCUT2D eigenvalue weighted by atomic mass is 35.5. The molecular formula is C18H15Cl2NO4S. The molecule has 0 aliphatic carbocycles. The van der Waals surface area contributed by atoms with E-state index in [1.807, 2.05) is 0 Å². The van der Waals surface area contributed by atoms with Crippen molar-refractivity contribution in [1.82, 2.24) is 0 Å². The van der Waals surface area contributed by atoms with E-state index in [-0.39, 0.29) is 10.8 Å². The van der Waals surface area contributed by atoms with Crippen LogP contribution in [0, 0.1) is 0 Å². The number of carbonyl (C=O) groups excluding carboxylic acids is 2. The molecule has 1 amide bonds. The van der Waals surface area contributed by atoms with Gasteiger partial charge in [0.05, 0.1) is 5.75 Å². The minimum absolute atomic E-state index is 0.124. The molecule has 0 atom stereocenters. The molecule has 0 spiro atoms. The molecule has 2 N–H and O–H groups in total. The van der Waals surface area contributed by atoms with Crippen LogP contribution in [0.2, 0.25) is 10.0 Å². The summed E-state index contributed by atoms with van der Waals surface area (Å²) in [7, 11) is -4.04. The smallest absolute Gasteiger partial charge is 0.260 e. The molecule has 0 saturated heterocycles. The van der Waals surface area contributed by atoms with Gasteiger partial charge in [0.1, 0.15) is 4.91 Å². The maximum atomic E-state index is 12.6. The van der Waals surface area contributed by atoms with Crippen molar-refractivity contribution in [3.05, 3.63) is 74.1 Å². The Labute approximate surface area is 161 Å². The first-order chi connectivity index (χ1) is 12.1. The number of benzene rings is 2. The van der Waals surface area contributed by atoms with Gasteiger partial charge in [-0.2, -0.15) is 0 Å². The minimum Gasteiger partial charge on any atom is -0.365 e. The van der Waals surface area contributed by atoms with E-state index in [0.717, 1.165) is 0 Å². The maximum Gasteiger partial charge on any atom is 0.260 e. The molecule has 2 aromatic rings. The number of hydrogen-bond donors (Lipinski definition) is 1. The third kappa shape index (κ3) is 4.94. The van der Waals surface area contributed by atoms with E-state index in [9.17, 15) is 18.0 Å². The molecule has 0 heterocycles. The largest absolute Gasteiger partial charge is 0.365 e. The molecule has 2 aromatic carbocycles. The van der Waals surface area contributed by atoms with Crippen LogP contribution in [0.15, 0.2) is 47.4 Å². The van der Waals surface area contributed by atoms with Gasteiger partial charge in [-0.1, -0.05) is 53.5 Å². The number of rotatable bonds is 6. The van der Waals surface area contributed by atoms with Crippen molar-refractivity contribution in [2.75, 3.05) is 0 Å². The standard InChI is InChI=1S/C18H15Cl2NO4S/c1-11(22)13-4-2-12(3-5-13)8-17(18(21)23)26(24,25)10-14-6-7-15(19)9-16(14)20/h2-9H,10H2,1H3,(H2,21,23)/b17-8-. The van der Waals surface area contributed by atoms with Crippen LogP contribution in [0.3, 0.4) is 0 Å². The van der Waals surface area contributed by atoms with Crippen molar-refractivity contribution >= 4 is 50.8 Å². The highest BCUT2D eigenvalue weighted by Crippen LogP contribution is 2.25. The molecule has 0 unspecified atom stereocenters. The summed E-state index contributed by atoms with van der Waals surface area (Å²) in [5.41, 5.74) is 6.47. The van der Waals surface area contributed by atoms with Crippen LogP contribution in [0.25, 0.3) is 6.08 Å². The average molecular weight is 412 g/mol. The van der Waals surface area contributed by atoms with E-state index in [1.54, 1.807) is 0 Å². The Bertz CT molecular complexity index is 996. The third-order valence-corrected chi connectivity index (χ3v) is 5.82. The average Bonchev–Trinajstić information content (AvgIpc) is 2.55. The van der Waals surface area contributed by atoms with Crippen LogP contribution in [0.4, 0.5) is 0 Å². The summed E-state index contributed by atoms with van der Waals surface area (Å²) in [6, 6.07) is 10.5. The van der Waals surface area contributed by atoms with Gasteiger partial charge in [-0.3, -0.25) is 9.59 Å². The summed E-state index contributed by atoms with van der Waals surface area (Å²) in [6.45, 7) is 1.42. The van der Waals surface area contributed by atoms with Gasteiger partial charge in [0.25, 0.3) is 5.91 Å². The lowest BCUT2D eigenvalue weighted by Crippen LogP contribution is -2.22. The van der Waals surface area contributed by atoms with Crippen molar-refractivity contribution in [2.24, 2.45) is 5.73 Å². The molecule has 0 aromatic heterocycles. The molecule has 26 heavy (non-hydrogen) atoms. The maximum absolute atomic E-state index is 12.6. The van der Waals surface area contributed by atoms with Gasteiger partial charge in [0.15, 0.2) is 15.6 Å². The number of nitrogens with two attached hydrogens (primary N) is 1. The summed E-state index contributed by atoms with van der Waals surface area (Å²) < 4.78 is 25.3. The van der Waals surface area contributed by atoms with Crippen molar-refractivity contribution < 1.29 is 18.0 Å². The second kappa shape index (κ2) is 8.03. The van der Waals surface area contributed by atoms with Gasteiger partial charge in [0.2, 0.25) is 0 Å². The van der Waals surface area contributed by atoms with E-state index in [2.05, 4.69) is 0 Å². The van der Waals surface area contributed by atoms with Crippen LogP contribution in [-0.4, -0.2) is 20.1 Å². The number of primary amides is 1. The van der Waals surface area contributed by atoms with Crippen LogP contribution < -0.4 is 5.73 Å². The second-order valence-electron chi connectivity index (χ2n) is 5.55. The van der Waals surface area contributed by atoms with Gasteiger partial charge in [0, 0.05) is 15.6 Å². The van der Waals surface area contributed by atoms with E-state index in [4.69, 9.17) is 28.9 Å². The fraction of sp³-hybridized carbons (Fsp3) is 0.111. The lowest BCUT2D eigenvalue weighted by atomic mass is 10.1. The van der Waals surface area contributed by atoms with Crippen LogP contribution >= 0.6 is 23.2 Å². The summed E-state index contributed by atoms with van der Waals surface area (Å²) in [6.07, 6.45) is 1.17. The first kappa shape index (κ1) is 20.2. The summed E-state index contributed by atoms with van der Waals surface area (Å²) in [5.74, 6) is -1.70. The zero-order chi connectivity index (χ0) is 19.5. The summed E-state index contributed by atoms with van der Waals surface area (Å²) in [5, 5.41) is 0.545. The monoisotopic (exact) mass is 411 g/mol. The van der Waals surface area contributed by atoms with Gasteiger partial charge in [-0.25, -0.2) is 8.42 Å². The highest BCUT2D eigenvalue weighted by molar-refractivity contribution is 7.95. The highest BCUT2D eigenvalue weighted by Gasteiger charge is 2.24. The summed E-state index contributed by atoms with van der Waals surface area (Å²) >= 11 is 11.8. The van der Waals surface area contributed by atoms with Crippen molar-refractivity contribution in [2.45, 2.75) is 12.7 Å². The molecular weight excluding hydrogens is 397 g/mol. The van der Waals surface area contributed by atoms with E-state index in [0.29, 0.717) is 21.7 Å². The number of hydrogen-bond acceptors (Lipinski definition) is 4. The number of carbonyl (C=O) groups is 2. The van der Waals surface area contributed by atoms with E-state index < -0.39 is 26.4 Å².